The maximum atomic E-state index is 10.9. The van der Waals surface area contributed by atoms with Gasteiger partial charge in [-0.3, -0.25) is 4.79 Å². The molecule has 1 unspecified atom stereocenters. The van der Waals surface area contributed by atoms with E-state index in [0.717, 1.165) is 19.1 Å². The number of nitrogens with one attached hydrogen (secondary N) is 1. The highest BCUT2D eigenvalue weighted by molar-refractivity contribution is 5.79. The Hall–Kier alpha value is -1.41. The second kappa shape index (κ2) is 30.5. The maximum Gasteiger partial charge on any atom is 0.220 e. The molecular formula is C15H33N3O2. The van der Waals surface area contributed by atoms with Gasteiger partial charge in [0.25, 0.3) is 0 Å². The Labute approximate surface area is 124 Å². The number of hydrogen-bond acceptors (Lipinski definition) is 4. The third kappa shape index (κ3) is 30.0. The van der Waals surface area contributed by atoms with Crippen LogP contribution in [0.15, 0.2) is 0 Å². The Morgan fingerprint density at radius 1 is 1.30 bits per heavy atom. The van der Waals surface area contributed by atoms with Crippen LogP contribution in [0.3, 0.4) is 0 Å². The molecule has 1 atom stereocenters. The van der Waals surface area contributed by atoms with Crippen LogP contribution in [0.25, 0.3) is 0 Å². The first-order valence-corrected chi connectivity index (χ1v) is 7.41. The van der Waals surface area contributed by atoms with E-state index in [1.54, 1.807) is 13.0 Å². The van der Waals surface area contributed by atoms with Crippen LogP contribution in [0.5, 0.6) is 0 Å². The average molecular weight is 287 g/mol. The summed E-state index contributed by atoms with van der Waals surface area (Å²) in [5.74, 6) is -0.0788. The standard InChI is InChI=1S/C9H18N2O2.C2H3N.2C2H6/c1-2-9(13)11-8(7-12)5-3-4-6-10;1-2-3;2*1-2/h7-8H,2-6,10H2,1H3,(H,11,13);1H3;2*1-2H3. The Morgan fingerprint density at radius 3 is 2.05 bits per heavy atom. The minimum Gasteiger partial charge on any atom is -0.347 e. The van der Waals surface area contributed by atoms with Gasteiger partial charge in [0, 0.05) is 13.3 Å². The largest absolute Gasteiger partial charge is 0.347 e. The fraction of sp³-hybridized carbons (Fsp3) is 0.800. The van der Waals surface area contributed by atoms with Gasteiger partial charge in [0.2, 0.25) is 5.91 Å². The van der Waals surface area contributed by atoms with Gasteiger partial charge in [0.05, 0.1) is 12.1 Å². The second-order valence-corrected chi connectivity index (χ2v) is 3.17. The van der Waals surface area contributed by atoms with E-state index in [9.17, 15) is 9.59 Å². The van der Waals surface area contributed by atoms with Crippen LogP contribution in [0.1, 0.15) is 67.2 Å². The zero-order valence-corrected chi connectivity index (χ0v) is 14.0. The first kappa shape index (κ1) is 27.0. The predicted molar refractivity (Wildman–Crippen MR) is 85.2 cm³/mol. The molecule has 0 bridgehead atoms. The highest BCUT2D eigenvalue weighted by atomic mass is 16.2. The number of carbonyl (C=O) groups is 2. The number of amides is 1. The highest BCUT2D eigenvalue weighted by Gasteiger charge is 2.08. The first-order chi connectivity index (χ1) is 9.65. The number of nitrogens with two attached hydrogens (primary N) is 1. The molecule has 0 aromatic heterocycles. The van der Waals surface area contributed by atoms with Crippen molar-refractivity contribution in [1.29, 1.82) is 5.26 Å². The Balaban J connectivity index is -0.000000155. The molecule has 3 N–H and O–H groups in total. The summed E-state index contributed by atoms with van der Waals surface area (Å²) in [6.45, 7) is 11.8. The van der Waals surface area contributed by atoms with Crippen molar-refractivity contribution in [3.05, 3.63) is 0 Å². The van der Waals surface area contributed by atoms with Crippen LogP contribution in [0.4, 0.5) is 0 Å². The number of rotatable bonds is 7. The summed E-state index contributed by atoms with van der Waals surface area (Å²) >= 11 is 0. The van der Waals surface area contributed by atoms with Gasteiger partial charge >= 0.3 is 0 Å². The monoisotopic (exact) mass is 287 g/mol. The Bertz CT molecular complexity index is 226. The molecule has 0 aliphatic heterocycles. The zero-order valence-electron chi connectivity index (χ0n) is 14.0. The van der Waals surface area contributed by atoms with E-state index in [0.29, 0.717) is 19.4 Å². The molecule has 0 radical (unpaired) electrons. The van der Waals surface area contributed by atoms with Crippen molar-refractivity contribution in [3.63, 3.8) is 0 Å². The summed E-state index contributed by atoms with van der Waals surface area (Å²) in [4.78, 5) is 21.4. The first-order valence-electron chi connectivity index (χ1n) is 7.41. The molecule has 0 aliphatic rings. The SMILES string of the molecule is CC.CC.CC#N.CCC(=O)NC(C=O)CCCCN. The van der Waals surface area contributed by atoms with Crippen LogP contribution in [0.2, 0.25) is 0 Å². The summed E-state index contributed by atoms with van der Waals surface area (Å²) in [6.07, 6.45) is 3.66. The fourth-order valence-corrected chi connectivity index (χ4v) is 0.992. The number of unbranched alkanes of at least 4 members (excludes halogenated alkanes) is 1. The van der Waals surface area contributed by atoms with Crippen LogP contribution >= 0.6 is 0 Å². The molecule has 0 heterocycles. The van der Waals surface area contributed by atoms with Gasteiger partial charge in [-0.05, 0) is 25.8 Å². The average Bonchev–Trinajstić information content (AvgIpc) is 2.51. The van der Waals surface area contributed by atoms with E-state index >= 15 is 0 Å². The van der Waals surface area contributed by atoms with Crippen molar-refractivity contribution in [2.75, 3.05) is 6.54 Å². The minimum absolute atomic E-state index is 0.0788. The third-order valence-electron chi connectivity index (χ3n) is 1.80. The number of nitrogens with zero attached hydrogens (tertiary/aromatic N) is 1. The molecule has 5 nitrogen and oxygen atoms in total. The summed E-state index contributed by atoms with van der Waals surface area (Å²) in [5.41, 5.74) is 5.31. The molecular weight excluding hydrogens is 254 g/mol. The van der Waals surface area contributed by atoms with E-state index in [4.69, 9.17) is 11.0 Å². The molecule has 0 aromatic carbocycles. The Kier molecular flexibility index (Phi) is 41.3. The molecule has 1 amide bonds. The van der Waals surface area contributed by atoms with E-state index < -0.39 is 0 Å². The van der Waals surface area contributed by atoms with Crippen LogP contribution in [-0.4, -0.2) is 24.8 Å². The lowest BCUT2D eigenvalue weighted by Crippen LogP contribution is -2.35. The van der Waals surface area contributed by atoms with Gasteiger partial charge in [0.1, 0.15) is 6.29 Å². The van der Waals surface area contributed by atoms with Crippen LogP contribution in [-0.2, 0) is 9.59 Å². The van der Waals surface area contributed by atoms with Gasteiger partial charge in [0.15, 0.2) is 0 Å². The summed E-state index contributed by atoms with van der Waals surface area (Å²) in [7, 11) is 0. The topological polar surface area (TPSA) is 96.0 Å². The second-order valence-electron chi connectivity index (χ2n) is 3.17. The van der Waals surface area contributed by atoms with Gasteiger partial charge in [-0.2, -0.15) is 5.26 Å². The lowest BCUT2D eigenvalue weighted by molar-refractivity contribution is -0.123. The number of aldehydes is 1. The van der Waals surface area contributed by atoms with Gasteiger partial charge in [-0.15, -0.1) is 0 Å². The van der Waals surface area contributed by atoms with Gasteiger partial charge in [-0.25, -0.2) is 0 Å². The lowest BCUT2D eigenvalue weighted by atomic mass is 10.1. The predicted octanol–water partition coefficient (Wildman–Crippen LogP) is 2.79. The summed E-state index contributed by atoms with van der Waals surface area (Å²) < 4.78 is 0. The molecule has 0 saturated heterocycles. The van der Waals surface area contributed by atoms with Crippen molar-refractivity contribution >= 4 is 12.2 Å². The lowest BCUT2D eigenvalue weighted by Gasteiger charge is -2.11. The van der Waals surface area contributed by atoms with Crippen molar-refractivity contribution in [3.8, 4) is 6.07 Å². The van der Waals surface area contributed by atoms with Gasteiger partial charge in [-0.1, -0.05) is 34.6 Å². The summed E-state index contributed by atoms with van der Waals surface area (Å²) in [6, 6.07) is 1.42. The quantitative estimate of drug-likeness (QED) is 0.556. The number of hydrogen-bond donors (Lipinski definition) is 2. The van der Waals surface area contributed by atoms with Gasteiger partial charge < -0.3 is 15.8 Å². The number of nitriles is 1. The Morgan fingerprint density at radius 2 is 1.75 bits per heavy atom. The fourth-order valence-electron chi connectivity index (χ4n) is 0.992. The van der Waals surface area contributed by atoms with Crippen molar-refractivity contribution in [2.45, 2.75) is 73.3 Å². The van der Waals surface area contributed by atoms with E-state index in [1.165, 1.54) is 6.92 Å². The van der Waals surface area contributed by atoms with E-state index in [2.05, 4.69) is 5.32 Å². The summed E-state index contributed by atoms with van der Waals surface area (Å²) in [5, 5.41) is 9.95. The van der Waals surface area contributed by atoms with Crippen molar-refractivity contribution in [2.24, 2.45) is 5.73 Å². The molecule has 0 saturated carbocycles. The van der Waals surface area contributed by atoms with Crippen LogP contribution < -0.4 is 11.1 Å². The molecule has 5 heteroatoms. The number of carbonyl (C=O) groups excluding carboxylic acids is 2. The van der Waals surface area contributed by atoms with Crippen molar-refractivity contribution < 1.29 is 9.59 Å². The van der Waals surface area contributed by atoms with Crippen LogP contribution in [0, 0.1) is 11.3 Å². The molecule has 0 aromatic rings. The highest BCUT2D eigenvalue weighted by Crippen LogP contribution is 1.98. The molecule has 0 spiro atoms. The molecule has 0 fully saturated rings. The molecule has 120 valence electrons. The maximum absolute atomic E-state index is 10.9. The smallest absolute Gasteiger partial charge is 0.220 e. The normalized spacial score (nSPS) is 8.90. The minimum atomic E-state index is -0.334. The van der Waals surface area contributed by atoms with Crippen molar-refractivity contribution in [1.82, 2.24) is 5.32 Å². The van der Waals surface area contributed by atoms with E-state index in [1.807, 2.05) is 27.7 Å². The molecule has 20 heavy (non-hydrogen) atoms. The molecule has 0 rings (SSSR count). The third-order valence-corrected chi connectivity index (χ3v) is 1.80. The molecule has 0 aliphatic carbocycles. The van der Waals surface area contributed by atoms with E-state index in [-0.39, 0.29) is 11.9 Å². The zero-order chi connectivity index (χ0) is 16.8.